The summed E-state index contributed by atoms with van der Waals surface area (Å²) in [6, 6.07) is 1.18. The first kappa shape index (κ1) is 19.6. The van der Waals surface area contributed by atoms with Gasteiger partial charge < -0.3 is 20.2 Å². The van der Waals surface area contributed by atoms with Crippen molar-refractivity contribution in [1.29, 1.82) is 0 Å². The highest BCUT2D eigenvalue weighted by molar-refractivity contribution is 7.13. The van der Waals surface area contributed by atoms with Crippen molar-refractivity contribution in [3.8, 4) is 5.75 Å². The normalized spacial score (nSPS) is 11.2. The zero-order chi connectivity index (χ0) is 19.5. The summed E-state index contributed by atoms with van der Waals surface area (Å²) in [5.41, 5.74) is -0.687. The third kappa shape index (κ3) is 4.92. The van der Waals surface area contributed by atoms with Gasteiger partial charge in [0.15, 0.2) is 10.9 Å². The van der Waals surface area contributed by atoms with Crippen molar-refractivity contribution in [1.82, 2.24) is 10.3 Å². The van der Waals surface area contributed by atoms with E-state index in [1.54, 1.807) is 26.2 Å². The Kier molecular flexibility index (Phi) is 5.81. The van der Waals surface area contributed by atoms with Crippen LogP contribution in [-0.4, -0.2) is 28.4 Å². The molecule has 8 nitrogen and oxygen atoms in total. The van der Waals surface area contributed by atoms with Crippen LogP contribution < -0.4 is 16.1 Å². The van der Waals surface area contributed by atoms with E-state index in [-0.39, 0.29) is 18.7 Å². The number of nitrogens with zero attached hydrogens (tertiary/aromatic N) is 1. The lowest BCUT2D eigenvalue weighted by Crippen LogP contribution is -2.36. The van der Waals surface area contributed by atoms with Crippen LogP contribution in [0.3, 0.4) is 0 Å². The van der Waals surface area contributed by atoms with Crippen LogP contribution in [-0.2, 0) is 15.0 Å². The Morgan fingerprint density at radius 3 is 2.62 bits per heavy atom. The third-order valence-electron chi connectivity index (χ3n) is 3.57. The van der Waals surface area contributed by atoms with Crippen LogP contribution in [0, 0.1) is 13.8 Å². The van der Waals surface area contributed by atoms with Gasteiger partial charge in [-0.1, -0.05) is 13.8 Å². The van der Waals surface area contributed by atoms with E-state index in [4.69, 9.17) is 4.42 Å². The number of hydrogen-bond acceptors (Lipinski definition) is 7. The topological polar surface area (TPSA) is 122 Å². The predicted molar refractivity (Wildman–Crippen MR) is 97.5 cm³/mol. The summed E-state index contributed by atoms with van der Waals surface area (Å²) in [5, 5.41) is 17.3. The van der Waals surface area contributed by atoms with E-state index < -0.39 is 28.4 Å². The number of nitrogens with one attached hydrogen (secondary N) is 2. The van der Waals surface area contributed by atoms with Gasteiger partial charge in [0.05, 0.1) is 12.2 Å². The molecule has 2 aromatic rings. The summed E-state index contributed by atoms with van der Waals surface area (Å²) < 4.78 is 5.45. The molecular weight excluding hydrogens is 358 g/mol. The van der Waals surface area contributed by atoms with Gasteiger partial charge in [0.1, 0.15) is 5.76 Å². The molecule has 0 aliphatic heterocycles. The predicted octanol–water partition coefficient (Wildman–Crippen LogP) is 1.84. The van der Waals surface area contributed by atoms with Gasteiger partial charge >= 0.3 is 0 Å². The maximum Gasteiger partial charge on any atom is 0.245 e. The van der Waals surface area contributed by atoms with E-state index >= 15 is 0 Å². The second-order valence-corrected chi connectivity index (χ2v) is 7.44. The molecule has 0 unspecified atom stereocenters. The van der Waals surface area contributed by atoms with Gasteiger partial charge in [-0.3, -0.25) is 14.4 Å². The summed E-state index contributed by atoms with van der Waals surface area (Å²) in [7, 11) is 0. The molecule has 0 saturated heterocycles. The van der Waals surface area contributed by atoms with Crippen molar-refractivity contribution in [3.63, 3.8) is 0 Å². The van der Waals surface area contributed by atoms with Crippen LogP contribution in [0.2, 0.25) is 0 Å². The number of anilines is 1. The van der Waals surface area contributed by atoms with Crippen molar-refractivity contribution in [2.45, 2.75) is 39.5 Å². The zero-order valence-corrected chi connectivity index (χ0v) is 15.8. The monoisotopic (exact) mass is 379 g/mol. The Hall–Kier alpha value is -2.68. The number of carbonyl (C=O) groups excluding carboxylic acids is 2. The number of thiazole rings is 1. The van der Waals surface area contributed by atoms with E-state index in [9.17, 15) is 19.5 Å². The lowest BCUT2D eigenvalue weighted by Gasteiger charge is -2.23. The molecule has 2 aromatic heterocycles. The number of aromatic hydroxyl groups is 1. The van der Waals surface area contributed by atoms with Gasteiger partial charge in [0, 0.05) is 23.3 Å². The Morgan fingerprint density at radius 2 is 2.00 bits per heavy atom. The molecule has 2 heterocycles. The fraction of sp³-hybridized carbons (Fsp3) is 0.412. The van der Waals surface area contributed by atoms with Crippen LogP contribution in [0.4, 0.5) is 5.13 Å². The molecule has 0 bridgehead atoms. The zero-order valence-electron chi connectivity index (χ0n) is 15.0. The summed E-state index contributed by atoms with van der Waals surface area (Å²) in [4.78, 5) is 39.8. The lowest BCUT2D eigenvalue weighted by atomic mass is 9.85. The van der Waals surface area contributed by atoms with Crippen LogP contribution in [0.1, 0.15) is 37.5 Å². The van der Waals surface area contributed by atoms with E-state index in [2.05, 4.69) is 15.6 Å². The number of rotatable bonds is 6. The van der Waals surface area contributed by atoms with E-state index in [1.165, 1.54) is 17.4 Å². The van der Waals surface area contributed by atoms with Gasteiger partial charge in [-0.2, -0.15) is 0 Å². The van der Waals surface area contributed by atoms with Crippen LogP contribution in [0.25, 0.3) is 0 Å². The van der Waals surface area contributed by atoms with Gasteiger partial charge in [0.25, 0.3) is 0 Å². The Bertz CT molecular complexity index is 885. The minimum Gasteiger partial charge on any atom is -0.502 e. The second-order valence-electron chi connectivity index (χ2n) is 6.58. The molecule has 0 aromatic carbocycles. The summed E-state index contributed by atoms with van der Waals surface area (Å²) in [6.07, 6.45) is -0.0728. The van der Waals surface area contributed by atoms with Crippen molar-refractivity contribution in [3.05, 3.63) is 38.9 Å². The quantitative estimate of drug-likeness (QED) is 0.704. The maximum absolute atomic E-state index is 12.2. The molecule has 0 aliphatic rings. The van der Waals surface area contributed by atoms with Crippen LogP contribution >= 0.6 is 11.3 Å². The highest BCUT2D eigenvalue weighted by Gasteiger charge is 2.31. The van der Waals surface area contributed by atoms with Gasteiger partial charge in [-0.25, -0.2) is 4.98 Å². The Balaban J connectivity index is 1.96. The Labute approximate surface area is 154 Å². The summed E-state index contributed by atoms with van der Waals surface area (Å²) in [5.74, 6) is -0.931. The number of aromatic nitrogens is 1. The van der Waals surface area contributed by atoms with Crippen molar-refractivity contribution >= 4 is 28.3 Å². The molecule has 9 heteroatoms. The van der Waals surface area contributed by atoms with Crippen molar-refractivity contribution < 1.29 is 19.1 Å². The van der Waals surface area contributed by atoms with Crippen molar-refractivity contribution in [2.75, 3.05) is 11.9 Å². The molecule has 0 saturated carbocycles. The van der Waals surface area contributed by atoms with Gasteiger partial charge in [-0.05, 0) is 13.8 Å². The van der Waals surface area contributed by atoms with Crippen LogP contribution in [0.15, 0.2) is 20.7 Å². The molecule has 0 aliphatic carbocycles. The molecular formula is C17H21N3O5S. The van der Waals surface area contributed by atoms with Crippen LogP contribution in [0.5, 0.6) is 5.75 Å². The molecule has 0 spiro atoms. The number of amides is 2. The first-order chi connectivity index (χ1) is 12.1. The summed E-state index contributed by atoms with van der Waals surface area (Å²) >= 11 is 1.30. The molecule has 2 amide bonds. The maximum atomic E-state index is 12.2. The second kappa shape index (κ2) is 7.69. The van der Waals surface area contributed by atoms with Gasteiger partial charge in [-0.15, -0.1) is 11.3 Å². The van der Waals surface area contributed by atoms with E-state index in [0.717, 1.165) is 5.69 Å². The first-order valence-electron chi connectivity index (χ1n) is 7.91. The molecule has 140 valence electrons. The Morgan fingerprint density at radius 1 is 1.31 bits per heavy atom. The number of hydrogen-bond donors (Lipinski definition) is 3. The number of carbonyl (C=O) groups is 2. The third-order valence-corrected chi connectivity index (χ3v) is 4.45. The van der Waals surface area contributed by atoms with E-state index in [0.29, 0.717) is 10.9 Å². The minimum atomic E-state index is -0.928. The molecule has 0 fully saturated rings. The molecule has 2 rings (SSSR count). The van der Waals surface area contributed by atoms with Gasteiger partial charge in [0.2, 0.25) is 23.0 Å². The number of aryl methyl sites for hydroxylation is 2. The average molecular weight is 379 g/mol. The highest BCUT2D eigenvalue weighted by Crippen LogP contribution is 2.32. The smallest absolute Gasteiger partial charge is 0.245 e. The van der Waals surface area contributed by atoms with E-state index in [1.807, 2.05) is 6.92 Å². The molecule has 0 atom stereocenters. The minimum absolute atomic E-state index is 0.0420. The molecule has 26 heavy (non-hydrogen) atoms. The average Bonchev–Trinajstić information content (AvgIpc) is 2.93. The largest absolute Gasteiger partial charge is 0.502 e. The standard InChI is InChI=1S/C17H21N3O5S/c1-9-8-26-16(19-9)20-13(23)7-18-12(22)6-17(3,4)15-14(24)11(21)5-10(2)25-15/h5,8,24H,6-7H2,1-4H3,(H,18,22)(H,19,20,23). The molecule has 3 N–H and O–H groups in total. The lowest BCUT2D eigenvalue weighted by molar-refractivity contribution is -0.125. The fourth-order valence-electron chi connectivity index (χ4n) is 2.36. The fourth-order valence-corrected chi connectivity index (χ4v) is 3.06. The molecule has 0 radical (unpaired) electrons. The summed E-state index contributed by atoms with van der Waals surface area (Å²) in [6.45, 7) is 6.53. The highest BCUT2D eigenvalue weighted by atomic mass is 32.1. The SMILES string of the molecule is Cc1csc(NC(=O)CNC(=O)CC(C)(C)c2oc(C)cc(=O)c2O)n1. The first-order valence-corrected chi connectivity index (χ1v) is 8.79. The van der Waals surface area contributed by atoms with Crippen molar-refractivity contribution in [2.24, 2.45) is 0 Å².